The fourth-order valence-electron chi connectivity index (χ4n) is 0.711. The Morgan fingerprint density at radius 2 is 2.30 bits per heavy atom. The molecule has 1 unspecified atom stereocenters. The first-order valence-corrected chi connectivity index (χ1v) is 3.45. The standard InChI is InChI=1S/C7H14O3/c1-3-4-6(8)5-7(9)10-2/h6,8H,3-5H2,1-2H3. The molecule has 0 saturated carbocycles. The quantitative estimate of drug-likeness (QED) is 0.594. The summed E-state index contributed by atoms with van der Waals surface area (Å²) in [5.41, 5.74) is 0. The second kappa shape index (κ2) is 5.23. The van der Waals surface area contributed by atoms with Gasteiger partial charge in [-0.25, -0.2) is 0 Å². The molecule has 1 N–H and O–H groups in total. The minimum absolute atomic E-state index is 0.115. The first kappa shape index (κ1) is 9.43. The van der Waals surface area contributed by atoms with Crippen molar-refractivity contribution in [2.45, 2.75) is 32.3 Å². The second-order valence-electron chi connectivity index (χ2n) is 2.22. The predicted molar refractivity (Wildman–Crippen MR) is 37.5 cm³/mol. The Morgan fingerprint density at radius 1 is 1.70 bits per heavy atom. The Labute approximate surface area is 61.0 Å². The van der Waals surface area contributed by atoms with Crippen LogP contribution in [0.2, 0.25) is 0 Å². The third-order valence-electron chi connectivity index (χ3n) is 1.25. The van der Waals surface area contributed by atoms with Crippen LogP contribution in [-0.4, -0.2) is 24.3 Å². The Bertz CT molecular complexity index is 101. The molecule has 0 aliphatic rings. The van der Waals surface area contributed by atoms with Crippen LogP contribution in [0.5, 0.6) is 0 Å². The summed E-state index contributed by atoms with van der Waals surface area (Å²) in [6.07, 6.45) is 1.13. The molecule has 0 saturated heterocycles. The fraction of sp³-hybridized carbons (Fsp3) is 0.857. The molecule has 0 aromatic rings. The number of esters is 1. The van der Waals surface area contributed by atoms with Gasteiger partial charge in [0, 0.05) is 0 Å². The van der Waals surface area contributed by atoms with Crippen molar-refractivity contribution >= 4 is 5.97 Å². The van der Waals surface area contributed by atoms with Crippen LogP contribution < -0.4 is 0 Å². The Kier molecular flexibility index (Phi) is 4.94. The highest BCUT2D eigenvalue weighted by molar-refractivity contribution is 5.69. The molecule has 3 heteroatoms. The highest BCUT2D eigenvalue weighted by Crippen LogP contribution is 2.01. The van der Waals surface area contributed by atoms with E-state index in [0.717, 1.165) is 6.42 Å². The van der Waals surface area contributed by atoms with E-state index in [4.69, 9.17) is 5.11 Å². The van der Waals surface area contributed by atoms with Gasteiger partial charge in [0.25, 0.3) is 0 Å². The Morgan fingerprint density at radius 3 is 2.70 bits per heavy atom. The highest BCUT2D eigenvalue weighted by atomic mass is 16.5. The van der Waals surface area contributed by atoms with Gasteiger partial charge >= 0.3 is 5.97 Å². The van der Waals surface area contributed by atoms with Crippen molar-refractivity contribution in [2.24, 2.45) is 0 Å². The fourth-order valence-corrected chi connectivity index (χ4v) is 0.711. The van der Waals surface area contributed by atoms with Crippen molar-refractivity contribution in [2.75, 3.05) is 7.11 Å². The van der Waals surface area contributed by atoms with E-state index in [-0.39, 0.29) is 12.4 Å². The number of carbonyl (C=O) groups excluding carboxylic acids is 1. The van der Waals surface area contributed by atoms with Gasteiger partial charge in [0.2, 0.25) is 0 Å². The molecule has 0 aliphatic heterocycles. The third-order valence-corrected chi connectivity index (χ3v) is 1.25. The summed E-state index contributed by atoms with van der Waals surface area (Å²) < 4.78 is 4.37. The van der Waals surface area contributed by atoms with Crippen molar-refractivity contribution < 1.29 is 14.6 Å². The lowest BCUT2D eigenvalue weighted by Gasteiger charge is -2.05. The van der Waals surface area contributed by atoms with Crippen LogP contribution in [0.15, 0.2) is 0 Å². The highest BCUT2D eigenvalue weighted by Gasteiger charge is 2.08. The lowest BCUT2D eigenvalue weighted by Crippen LogP contribution is -2.13. The molecule has 1 atom stereocenters. The lowest BCUT2D eigenvalue weighted by molar-refractivity contribution is -0.142. The molecule has 0 fully saturated rings. The molecule has 0 bridgehead atoms. The molecule has 0 aromatic carbocycles. The van der Waals surface area contributed by atoms with Crippen LogP contribution in [0.1, 0.15) is 26.2 Å². The minimum atomic E-state index is -0.530. The molecule has 0 aliphatic carbocycles. The topological polar surface area (TPSA) is 46.5 Å². The van der Waals surface area contributed by atoms with Crippen LogP contribution in [0, 0.1) is 0 Å². The van der Waals surface area contributed by atoms with Gasteiger partial charge < -0.3 is 9.84 Å². The van der Waals surface area contributed by atoms with Crippen molar-refractivity contribution in [3.05, 3.63) is 0 Å². The summed E-state index contributed by atoms with van der Waals surface area (Å²) in [6.45, 7) is 1.96. The zero-order valence-corrected chi connectivity index (χ0v) is 6.46. The largest absolute Gasteiger partial charge is 0.469 e. The molecule has 0 aromatic heterocycles. The Hall–Kier alpha value is -0.570. The molecular weight excluding hydrogens is 132 g/mol. The van der Waals surface area contributed by atoms with Crippen molar-refractivity contribution in [1.82, 2.24) is 0 Å². The van der Waals surface area contributed by atoms with E-state index in [9.17, 15) is 4.79 Å². The van der Waals surface area contributed by atoms with Gasteiger partial charge in [-0.05, 0) is 6.42 Å². The van der Waals surface area contributed by atoms with Crippen molar-refractivity contribution in [3.8, 4) is 0 Å². The second-order valence-corrected chi connectivity index (χ2v) is 2.22. The summed E-state index contributed by atoms with van der Waals surface area (Å²) in [7, 11) is 1.32. The van der Waals surface area contributed by atoms with Gasteiger partial charge in [0.1, 0.15) is 0 Å². The molecule has 60 valence electrons. The molecule has 3 nitrogen and oxygen atoms in total. The smallest absolute Gasteiger partial charge is 0.308 e. The number of methoxy groups -OCH3 is 1. The minimum Gasteiger partial charge on any atom is -0.469 e. The summed E-state index contributed by atoms with van der Waals surface area (Å²) in [5, 5.41) is 9.05. The summed E-state index contributed by atoms with van der Waals surface area (Å²) >= 11 is 0. The van der Waals surface area contributed by atoms with Crippen molar-refractivity contribution in [3.63, 3.8) is 0 Å². The zero-order valence-electron chi connectivity index (χ0n) is 6.46. The Balaban J connectivity index is 3.37. The zero-order chi connectivity index (χ0) is 7.98. The molecule has 0 amide bonds. The number of rotatable bonds is 4. The first-order valence-electron chi connectivity index (χ1n) is 3.45. The van der Waals surface area contributed by atoms with Gasteiger partial charge in [-0.1, -0.05) is 13.3 Å². The number of hydrogen-bond donors (Lipinski definition) is 1. The van der Waals surface area contributed by atoms with Crippen LogP contribution in [-0.2, 0) is 9.53 Å². The molecule has 0 spiro atoms. The van der Waals surface area contributed by atoms with E-state index in [1.807, 2.05) is 6.92 Å². The van der Waals surface area contributed by atoms with E-state index in [1.54, 1.807) is 0 Å². The normalized spacial score (nSPS) is 12.7. The SMILES string of the molecule is CCCC(O)CC(=O)OC. The van der Waals surface area contributed by atoms with Gasteiger partial charge in [-0.3, -0.25) is 4.79 Å². The summed E-state index contributed by atoms with van der Waals surface area (Å²) in [4.78, 5) is 10.5. The van der Waals surface area contributed by atoms with E-state index >= 15 is 0 Å². The number of carbonyl (C=O) groups is 1. The average Bonchev–Trinajstić information content (AvgIpc) is 1.88. The monoisotopic (exact) mass is 146 g/mol. The maximum atomic E-state index is 10.5. The summed E-state index contributed by atoms with van der Waals surface area (Å²) in [6, 6.07) is 0. The van der Waals surface area contributed by atoms with Gasteiger partial charge in [0.05, 0.1) is 19.6 Å². The molecule has 0 rings (SSSR count). The van der Waals surface area contributed by atoms with Gasteiger partial charge in [-0.2, -0.15) is 0 Å². The van der Waals surface area contributed by atoms with Crippen LogP contribution in [0.3, 0.4) is 0 Å². The number of hydrogen-bond acceptors (Lipinski definition) is 3. The first-order chi connectivity index (χ1) is 4.70. The predicted octanol–water partition coefficient (Wildman–Crippen LogP) is 0.710. The average molecular weight is 146 g/mol. The number of ether oxygens (including phenoxy) is 1. The number of aliphatic hydroxyl groups excluding tert-OH is 1. The van der Waals surface area contributed by atoms with E-state index in [1.165, 1.54) is 7.11 Å². The molecule has 0 radical (unpaired) electrons. The lowest BCUT2D eigenvalue weighted by atomic mass is 10.1. The summed E-state index contributed by atoms with van der Waals surface area (Å²) in [5.74, 6) is -0.346. The number of aliphatic hydroxyl groups is 1. The molecule has 0 heterocycles. The maximum absolute atomic E-state index is 10.5. The van der Waals surface area contributed by atoms with E-state index in [0.29, 0.717) is 6.42 Å². The van der Waals surface area contributed by atoms with Crippen molar-refractivity contribution in [1.29, 1.82) is 0 Å². The van der Waals surface area contributed by atoms with E-state index < -0.39 is 6.10 Å². The van der Waals surface area contributed by atoms with Gasteiger partial charge in [-0.15, -0.1) is 0 Å². The maximum Gasteiger partial charge on any atom is 0.308 e. The molecule has 10 heavy (non-hydrogen) atoms. The van der Waals surface area contributed by atoms with Crippen LogP contribution >= 0.6 is 0 Å². The van der Waals surface area contributed by atoms with Gasteiger partial charge in [0.15, 0.2) is 0 Å². The molecular formula is C7H14O3. The van der Waals surface area contributed by atoms with Crippen LogP contribution in [0.25, 0.3) is 0 Å². The van der Waals surface area contributed by atoms with Crippen LogP contribution in [0.4, 0.5) is 0 Å². The van der Waals surface area contributed by atoms with E-state index in [2.05, 4.69) is 4.74 Å². The third kappa shape index (κ3) is 4.32.